The Hall–Kier alpha value is -3.61. The summed E-state index contributed by atoms with van der Waals surface area (Å²) in [4.78, 5) is 10.1. The van der Waals surface area contributed by atoms with Gasteiger partial charge in [-0.25, -0.2) is 19.0 Å². The van der Waals surface area contributed by atoms with Gasteiger partial charge in [0.1, 0.15) is 24.3 Å². The Morgan fingerprint density at radius 1 is 1.24 bits per heavy atom. The molecule has 176 valence electrons. The van der Waals surface area contributed by atoms with Crippen LogP contribution in [0.4, 0.5) is 10.2 Å². The number of phenolic OH excluding ortho intramolecular Hbond substituents is 1. The van der Waals surface area contributed by atoms with Crippen LogP contribution in [0.15, 0.2) is 30.7 Å². The summed E-state index contributed by atoms with van der Waals surface area (Å²) in [5.74, 6) is 0.746. The molecule has 5 rings (SSSR count). The highest BCUT2D eigenvalue weighted by Crippen LogP contribution is 2.57. The van der Waals surface area contributed by atoms with Crippen LogP contribution in [-0.2, 0) is 0 Å². The number of nitrogens with zero attached hydrogens (tertiary/aromatic N) is 8. The number of aromatic hydroxyl groups is 1. The molecule has 34 heavy (non-hydrogen) atoms. The molecular weight excluding hydrogens is 435 g/mol. The van der Waals surface area contributed by atoms with Crippen molar-refractivity contribution < 1.29 is 9.50 Å². The third-order valence-electron chi connectivity index (χ3n) is 7.55. The summed E-state index contributed by atoms with van der Waals surface area (Å²) in [6.45, 7) is 4.35. The minimum absolute atomic E-state index is 0.0379. The molecule has 0 aliphatic heterocycles. The van der Waals surface area contributed by atoms with Gasteiger partial charge in [-0.2, -0.15) is 5.26 Å². The van der Waals surface area contributed by atoms with Crippen molar-refractivity contribution in [2.45, 2.75) is 58.2 Å². The number of hydrogen-bond acceptors (Lipinski definition) is 8. The number of nitriles is 1. The molecular formula is C24H27FN8O. The SMILES string of the molecule is CN(c1cnc(-c2ccc(-n3cnc(C#N)n3)cc2O)nn1)[C@@H]1C[C@@]2(C)CCC[C@](C)(C2)[C@@H]1F. The van der Waals surface area contributed by atoms with Crippen LogP contribution >= 0.6 is 0 Å². The molecule has 3 aromatic rings. The average molecular weight is 463 g/mol. The monoisotopic (exact) mass is 462 g/mol. The van der Waals surface area contributed by atoms with Crippen LogP contribution in [-0.4, -0.2) is 54.3 Å². The molecule has 1 aromatic carbocycles. The Kier molecular flexibility index (Phi) is 5.23. The lowest BCUT2D eigenvalue weighted by atomic mass is 9.54. The zero-order chi connectivity index (χ0) is 24.1. The second-order valence-electron chi connectivity index (χ2n) is 10.2. The van der Waals surface area contributed by atoms with E-state index in [4.69, 9.17) is 5.26 Å². The zero-order valence-corrected chi connectivity index (χ0v) is 19.5. The number of hydrogen-bond donors (Lipinski definition) is 1. The number of rotatable bonds is 4. The normalized spacial score (nSPS) is 28.3. The predicted octanol–water partition coefficient (Wildman–Crippen LogP) is 3.83. The summed E-state index contributed by atoms with van der Waals surface area (Å²) in [6.07, 6.45) is 6.86. The first-order valence-corrected chi connectivity index (χ1v) is 11.4. The van der Waals surface area contributed by atoms with Crippen LogP contribution in [0.2, 0.25) is 0 Å². The number of alkyl halides is 1. The Labute approximate surface area is 197 Å². The number of anilines is 1. The number of phenols is 1. The fraction of sp³-hybridized carbons (Fsp3) is 0.500. The molecule has 1 N–H and O–H groups in total. The van der Waals surface area contributed by atoms with Crippen LogP contribution in [0.1, 0.15) is 51.8 Å². The maximum absolute atomic E-state index is 15.6. The molecule has 10 heteroatoms. The molecule has 9 nitrogen and oxygen atoms in total. The Morgan fingerprint density at radius 2 is 2.06 bits per heavy atom. The van der Waals surface area contributed by atoms with E-state index in [-0.39, 0.29) is 34.3 Å². The van der Waals surface area contributed by atoms with Crippen LogP contribution in [0.5, 0.6) is 5.75 Å². The van der Waals surface area contributed by atoms with Gasteiger partial charge in [0.15, 0.2) is 11.6 Å². The lowest BCUT2D eigenvalue weighted by Gasteiger charge is -2.55. The van der Waals surface area contributed by atoms with E-state index >= 15 is 4.39 Å². The molecule has 4 atom stereocenters. The Bertz CT molecular complexity index is 1250. The van der Waals surface area contributed by atoms with E-state index in [0.29, 0.717) is 17.1 Å². The van der Waals surface area contributed by atoms with Crippen molar-refractivity contribution >= 4 is 5.82 Å². The van der Waals surface area contributed by atoms with Crippen molar-refractivity contribution in [1.82, 2.24) is 29.9 Å². The lowest BCUT2D eigenvalue weighted by Crippen LogP contribution is -2.57. The average Bonchev–Trinajstić information content (AvgIpc) is 3.30. The molecule has 2 aromatic heterocycles. The molecule has 2 saturated carbocycles. The first kappa shape index (κ1) is 22.2. The van der Waals surface area contributed by atoms with E-state index < -0.39 is 6.17 Å². The standard InChI is InChI=1S/C24H27FN8O/c1-23-7-4-8-24(2,13-23)21(25)17(10-23)32(3)20-12-27-22(30-29-20)16-6-5-15(9-18(16)34)33-14-28-19(11-26)31-33/h5-6,9,12,14,17,21,34H,4,7-8,10,13H2,1-3H3/t17-,21-,23-,24-/m1/s1. The van der Waals surface area contributed by atoms with Crippen LogP contribution in [0, 0.1) is 22.2 Å². The third kappa shape index (κ3) is 3.75. The lowest BCUT2D eigenvalue weighted by molar-refractivity contribution is -0.0540. The van der Waals surface area contributed by atoms with E-state index in [2.05, 4.69) is 39.1 Å². The van der Waals surface area contributed by atoms with Crippen molar-refractivity contribution in [3.63, 3.8) is 0 Å². The van der Waals surface area contributed by atoms with Crippen molar-refractivity contribution in [2.75, 3.05) is 11.9 Å². The van der Waals surface area contributed by atoms with Gasteiger partial charge in [-0.3, -0.25) is 0 Å². The number of fused-ring (bicyclic) bond motifs is 2. The van der Waals surface area contributed by atoms with Gasteiger partial charge in [0.05, 0.1) is 23.5 Å². The summed E-state index contributed by atoms with van der Waals surface area (Å²) in [5, 5.41) is 32.0. The van der Waals surface area contributed by atoms with E-state index in [0.717, 1.165) is 32.1 Å². The fourth-order valence-corrected chi connectivity index (χ4v) is 5.90. The van der Waals surface area contributed by atoms with Crippen molar-refractivity contribution in [2.24, 2.45) is 10.8 Å². The molecule has 0 amide bonds. The largest absolute Gasteiger partial charge is 0.507 e. The van der Waals surface area contributed by atoms with Gasteiger partial charge in [-0.15, -0.1) is 15.3 Å². The Balaban J connectivity index is 1.37. The highest BCUT2D eigenvalue weighted by molar-refractivity contribution is 5.66. The smallest absolute Gasteiger partial charge is 0.252 e. The molecule has 2 aliphatic rings. The van der Waals surface area contributed by atoms with Gasteiger partial charge < -0.3 is 10.0 Å². The predicted molar refractivity (Wildman–Crippen MR) is 123 cm³/mol. The van der Waals surface area contributed by atoms with E-state index in [9.17, 15) is 5.11 Å². The van der Waals surface area contributed by atoms with Gasteiger partial charge >= 0.3 is 0 Å². The first-order chi connectivity index (χ1) is 16.2. The molecule has 2 heterocycles. The maximum atomic E-state index is 15.6. The Morgan fingerprint density at radius 3 is 2.74 bits per heavy atom. The second kappa shape index (κ2) is 8.01. The van der Waals surface area contributed by atoms with Crippen molar-refractivity contribution in [3.8, 4) is 28.9 Å². The quantitative estimate of drug-likeness (QED) is 0.622. The van der Waals surface area contributed by atoms with Gasteiger partial charge in [0.25, 0.3) is 5.82 Å². The second-order valence-corrected chi connectivity index (χ2v) is 10.2. The van der Waals surface area contributed by atoms with E-state index in [1.165, 1.54) is 17.1 Å². The molecule has 2 bridgehead atoms. The molecule has 2 fully saturated rings. The van der Waals surface area contributed by atoms with Gasteiger partial charge in [-0.05, 0) is 43.2 Å². The van der Waals surface area contributed by atoms with E-state index in [1.54, 1.807) is 18.3 Å². The molecule has 0 radical (unpaired) electrons. The minimum Gasteiger partial charge on any atom is -0.507 e. The number of halogens is 1. The van der Waals surface area contributed by atoms with Crippen LogP contribution < -0.4 is 4.90 Å². The molecule has 0 spiro atoms. The van der Waals surface area contributed by atoms with Crippen LogP contribution in [0.25, 0.3) is 17.1 Å². The topological polar surface area (TPSA) is 117 Å². The van der Waals surface area contributed by atoms with E-state index in [1.807, 2.05) is 18.0 Å². The summed E-state index contributed by atoms with van der Waals surface area (Å²) in [6, 6.07) is 6.44. The highest BCUT2D eigenvalue weighted by atomic mass is 19.1. The summed E-state index contributed by atoms with van der Waals surface area (Å²) < 4.78 is 17.0. The van der Waals surface area contributed by atoms with Crippen molar-refractivity contribution in [1.29, 1.82) is 5.26 Å². The molecule has 0 saturated heterocycles. The summed E-state index contributed by atoms with van der Waals surface area (Å²) >= 11 is 0. The molecule has 2 aliphatic carbocycles. The molecule has 0 unspecified atom stereocenters. The van der Waals surface area contributed by atoms with Crippen molar-refractivity contribution in [3.05, 3.63) is 36.5 Å². The maximum Gasteiger partial charge on any atom is 0.252 e. The summed E-state index contributed by atoms with van der Waals surface area (Å²) in [5.41, 5.74) is 0.775. The number of aromatic nitrogens is 6. The third-order valence-corrected chi connectivity index (χ3v) is 7.55. The summed E-state index contributed by atoms with van der Waals surface area (Å²) in [7, 11) is 1.86. The van der Waals surface area contributed by atoms with Crippen LogP contribution in [0.3, 0.4) is 0 Å². The van der Waals surface area contributed by atoms with Gasteiger partial charge in [-0.1, -0.05) is 20.3 Å². The first-order valence-electron chi connectivity index (χ1n) is 11.4. The number of benzene rings is 1. The fourth-order valence-electron chi connectivity index (χ4n) is 5.90. The minimum atomic E-state index is -0.942. The zero-order valence-electron chi connectivity index (χ0n) is 19.5. The van der Waals surface area contributed by atoms with Gasteiger partial charge in [0, 0.05) is 18.5 Å². The van der Waals surface area contributed by atoms with Gasteiger partial charge in [0.2, 0.25) is 0 Å². The highest BCUT2D eigenvalue weighted by Gasteiger charge is 2.54.